The Morgan fingerprint density at radius 2 is 1.76 bits per heavy atom. The molecule has 0 amide bonds. The Labute approximate surface area is 128 Å². The van der Waals surface area contributed by atoms with Crippen LogP contribution in [0.4, 0.5) is 0 Å². The predicted octanol–water partition coefficient (Wildman–Crippen LogP) is 3.28. The smallest absolute Gasteiger partial charge is 0.0732 e. The van der Waals surface area contributed by atoms with Crippen molar-refractivity contribution in [1.29, 1.82) is 0 Å². The SMILES string of the molecule is c1ccc(CO[C@@H]2CCCC[C@@H]2NC2CCOCC2)cc1. The third-order valence-electron chi connectivity index (χ3n) is 4.68. The highest BCUT2D eigenvalue weighted by Crippen LogP contribution is 2.24. The highest BCUT2D eigenvalue weighted by Gasteiger charge is 2.28. The van der Waals surface area contributed by atoms with Gasteiger partial charge in [-0.1, -0.05) is 43.2 Å². The fourth-order valence-electron chi connectivity index (χ4n) is 3.43. The molecular formula is C18H27NO2. The molecule has 0 spiro atoms. The Balaban J connectivity index is 1.51. The molecule has 0 aromatic heterocycles. The molecule has 1 N–H and O–H groups in total. The second-order valence-electron chi connectivity index (χ2n) is 6.28. The van der Waals surface area contributed by atoms with Gasteiger partial charge in [0, 0.05) is 25.3 Å². The Morgan fingerprint density at radius 3 is 2.57 bits per heavy atom. The lowest BCUT2D eigenvalue weighted by Gasteiger charge is -2.36. The van der Waals surface area contributed by atoms with Gasteiger partial charge in [-0.05, 0) is 31.2 Å². The van der Waals surface area contributed by atoms with Crippen molar-refractivity contribution in [3.05, 3.63) is 35.9 Å². The molecule has 1 aromatic rings. The summed E-state index contributed by atoms with van der Waals surface area (Å²) in [5, 5.41) is 3.84. The van der Waals surface area contributed by atoms with Gasteiger partial charge >= 0.3 is 0 Å². The summed E-state index contributed by atoms with van der Waals surface area (Å²) in [5.74, 6) is 0. The third-order valence-corrected chi connectivity index (χ3v) is 4.68. The fraction of sp³-hybridized carbons (Fsp3) is 0.667. The van der Waals surface area contributed by atoms with Crippen molar-refractivity contribution in [3.8, 4) is 0 Å². The first-order chi connectivity index (χ1) is 10.4. The van der Waals surface area contributed by atoms with Gasteiger partial charge in [-0.2, -0.15) is 0 Å². The topological polar surface area (TPSA) is 30.5 Å². The molecule has 0 radical (unpaired) electrons. The zero-order valence-corrected chi connectivity index (χ0v) is 12.8. The molecule has 21 heavy (non-hydrogen) atoms. The average molecular weight is 289 g/mol. The van der Waals surface area contributed by atoms with E-state index in [1.165, 1.54) is 31.2 Å². The maximum Gasteiger partial charge on any atom is 0.0732 e. The molecule has 0 unspecified atom stereocenters. The normalized spacial score (nSPS) is 27.6. The predicted molar refractivity (Wildman–Crippen MR) is 84.3 cm³/mol. The van der Waals surface area contributed by atoms with Crippen molar-refractivity contribution < 1.29 is 9.47 Å². The van der Waals surface area contributed by atoms with Crippen LogP contribution in [0.5, 0.6) is 0 Å². The van der Waals surface area contributed by atoms with Crippen LogP contribution in [-0.2, 0) is 16.1 Å². The van der Waals surface area contributed by atoms with Crippen molar-refractivity contribution in [2.45, 2.75) is 63.3 Å². The van der Waals surface area contributed by atoms with Crippen LogP contribution in [-0.4, -0.2) is 31.4 Å². The minimum Gasteiger partial charge on any atom is -0.381 e. The largest absolute Gasteiger partial charge is 0.381 e. The molecule has 1 aliphatic heterocycles. The number of hydrogen-bond acceptors (Lipinski definition) is 3. The monoisotopic (exact) mass is 289 g/mol. The minimum absolute atomic E-state index is 0.363. The van der Waals surface area contributed by atoms with Crippen LogP contribution in [0.25, 0.3) is 0 Å². The van der Waals surface area contributed by atoms with Gasteiger partial charge in [0.25, 0.3) is 0 Å². The second kappa shape index (κ2) is 7.92. The molecule has 1 aliphatic carbocycles. The van der Waals surface area contributed by atoms with E-state index in [-0.39, 0.29) is 0 Å². The van der Waals surface area contributed by atoms with Gasteiger partial charge in [-0.3, -0.25) is 0 Å². The summed E-state index contributed by atoms with van der Waals surface area (Å²) in [5.41, 5.74) is 1.27. The van der Waals surface area contributed by atoms with Crippen LogP contribution in [0.15, 0.2) is 30.3 Å². The molecule has 1 saturated heterocycles. The van der Waals surface area contributed by atoms with Crippen molar-refractivity contribution in [1.82, 2.24) is 5.32 Å². The Bertz CT molecular complexity index is 403. The molecule has 3 rings (SSSR count). The van der Waals surface area contributed by atoms with Crippen molar-refractivity contribution in [2.75, 3.05) is 13.2 Å². The van der Waals surface area contributed by atoms with Crippen molar-refractivity contribution in [2.24, 2.45) is 0 Å². The zero-order chi connectivity index (χ0) is 14.3. The first-order valence-corrected chi connectivity index (χ1v) is 8.41. The van der Waals surface area contributed by atoms with E-state index in [2.05, 4.69) is 35.6 Å². The van der Waals surface area contributed by atoms with E-state index in [0.717, 1.165) is 32.7 Å². The highest BCUT2D eigenvalue weighted by atomic mass is 16.5. The van der Waals surface area contributed by atoms with E-state index in [1.807, 2.05) is 0 Å². The van der Waals surface area contributed by atoms with E-state index in [0.29, 0.717) is 18.2 Å². The van der Waals surface area contributed by atoms with Crippen molar-refractivity contribution >= 4 is 0 Å². The summed E-state index contributed by atoms with van der Waals surface area (Å²) in [6.45, 7) is 2.54. The van der Waals surface area contributed by atoms with E-state index in [9.17, 15) is 0 Å². The Hall–Kier alpha value is -0.900. The highest BCUT2D eigenvalue weighted by molar-refractivity contribution is 5.13. The number of nitrogens with one attached hydrogen (secondary N) is 1. The summed E-state index contributed by atoms with van der Waals surface area (Å²) in [4.78, 5) is 0. The van der Waals surface area contributed by atoms with E-state index >= 15 is 0 Å². The van der Waals surface area contributed by atoms with Gasteiger partial charge in [0.1, 0.15) is 0 Å². The molecular weight excluding hydrogens is 262 g/mol. The van der Waals surface area contributed by atoms with Crippen LogP contribution < -0.4 is 5.32 Å². The van der Waals surface area contributed by atoms with E-state index in [1.54, 1.807) is 0 Å². The molecule has 0 bridgehead atoms. The van der Waals surface area contributed by atoms with Gasteiger partial charge in [-0.15, -0.1) is 0 Å². The lowest BCUT2D eigenvalue weighted by molar-refractivity contribution is -0.0143. The number of hydrogen-bond donors (Lipinski definition) is 1. The minimum atomic E-state index is 0.363. The summed E-state index contributed by atoms with van der Waals surface area (Å²) in [6.07, 6.45) is 7.70. The molecule has 1 saturated carbocycles. The van der Waals surface area contributed by atoms with Crippen LogP contribution in [0.2, 0.25) is 0 Å². The Kier molecular flexibility index (Phi) is 5.67. The van der Waals surface area contributed by atoms with Crippen LogP contribution in [0, 0.1) is 0 Å². The maximum atomic E-state index is 6.23. The second-order valence-corrected chi connectivity index (χ2v) is 6.28. The standard InChI is InChI=1S/C18H27NO2/c1-2-6-15(7-3-1)14-21-18-9-5-4-8-17(18)19-16-10-12-20-13-11-16/h1-3,6-7,16-19H,4-5,8-14H2/t17-,18+/m0/s1. The number of benzene rings is 1. The van der Waals surface area contributed by atoms with Gasteiger partial charge in [0.15, 0.2) is 0 Å². The lowest BCUT2D eigenvalue weighted by Crippen LogP contribution is -2.49. The van der Waals surface area contributed by atoms with Gasteiger partial charge in [-0.25, -0.2) is 0 Å². The lowest BCUT2D eigenvalue weighted by atomic mass is 9.91. The third kappa shape index (κ3) is 4.53. The summed E-state index contributed by atoms with van der Waals surface area (Å²) in [6, 6.07) is 11.6. The fourth-order valence-corrected chi connectivity index (χ4v) is 3.43. The van der Waals surface area contributed by atoms with Gasteiger partial charge in [0.05, 0.1) is 12.7 Å². The van der Waals surface area contributed by atoms with Gasteiger partial charge < -0.3 is 14.8 Å². The first kappa shape index (κ1) is 15.0. The van der Waals surface area contributed by atoms with Crippen LogP contribution >= 0.6 is 0 Å². The summed E-state index contributed by atoms with van der Waals surface area (Å²) >= 11 is 0. The number of ether oxygens (including phenoxy) is 2. The maximum absolute atomic E-state index is 6.23. The molecule has 2 aliphatic rings. The molecule has 116 valence electrons. The summed E-state index contributed by atoms with van der Waals surface area (Å²) in [7, 11) is 0. The molecule has 2 atom stereocenters. The van der Waals surface area contributed by atoms with Gasteiger partial charge in [0.2, 0.25) is 0 Å². The molecule has 1 aromatic carbocycles. The average Bonchev–Trinajstić information content (AvgIpc) is 2.56. The summed E-state index contributed by atoms with van der Waals surface area (Å²) < 4.78 is 11.7. The molecule has 1 heterocycles. The zero-order valence-electron chi connectivity index (χ0n) is 12.8. The van der Waals surface area contributed by atoms with Crippen LogP contribution in [0.3, 0.4) is 0 Å². The molecule has 3 heteroatoms. The van der Waals surface area contributed by atoms with Crippen LogP contribution in [0.1, 0.15) is 44.1 Å². The van der Waals surface area contributed by atoms with E-state index in [4.69, 9.17) is 9.47 Å². The molecule has 2 fully saturated rings. The Morgan fingerprint density at radius 1 is 1.00 bits per heavy atom. The number of rotatable bonds is 5. The van der Waals surface area contributed by atoms with Crippen molar-refractivity contribution in [3.63, 3.8) is 0 Å². The first-order valence-electron chi connectivity index (χ1n) is 8.41. The quantitative estimate of drug-likeness (QED) is 0.902. The molecule has 3 nitrogen and oxygen atoms in total. The van der Waals surface area contributed by atoms with E-state index < -0.39 is 0 Å².